The van der Waals surface area contributed by atoms with Gasteiger partial charge in [0.25, 0.3) is 0 Å². The summed E-state index contributed by atoms with van der Waals surface area (Å²) in [5, 5.41) is 7.69. The summed E-state index contributed by atoms with van der Waals surface area (Å²) in [4.78, 5) is 2.42. The highest BCUT2D eigenvalue weighted by Crippen LogP contribution is 2.46. The molecule has 2 rings (SSSR count). The first-order valence-corrected chi connectivity index (χ1v) is 9.76. The third-order valence-corrected chi connectivity index (χ3v) is 5.83. The molecule has 1 N–H and O–H groups in total. The molecule has 1 heterocycles. The lowest BCUT2D eigenvalue weighted by Gasteiger charge is -2.42. The summed E-state index contributed by atoms with van der Waals surface area (Å²) in [6, 6.07) is 0. The van der Waals surface area contributed by atoms with Gasteiger partial charge in [-0.1, -0.05) is 27.2 Å². The highest BCUT2D eigenvalue weighted by Gasteiger charge is 2.38. The van der Waals surface area contributed by atoms with E-state index in [0.29, 0.717) is 17.3 Å². The van der Waals surface area contributed by atoms with Crippen LogP contribution in [0.5, 0.6) is 0 Å². The fraction of sp³-hybridized carbons (Fsp3) is 0.850. The normalized spacial score (nSPS) is 23.8. The molecule has 1 unspecified atom stereocenters. The average molecular weight is 336 g/mol. The fourth-order valence-electron chi connectivity index (χ4n) is 3.95. The van der Waals surface area contributed by atoms with E-state index in [1.165, 1.54) is 43.4 Å². The summed E-state index contributed by atoms with van der Waals surface area (Å²) >= 11 is 0. The number of aromatic amines is 1. The van der Waals surface area contributed by atoms with Gasteiger partial charge in [-0.3, -0.25) is 5.10 Å². The molecule has 1 aliphatic rings. The zero-order chi connectivity index (χ0) is 17.6. The van der Waals surface area contributed by atoms with E-state index in [4.69, 9.17) is 4.74 Å². The zero-order valence-corrected chi connectivity index (χ0v) is 16.4. The van der Waals surface area contributed by atoms with E-state index < -0.39 is 0 Å². The molecule has 4 heteroatoms. The maximum atomic E-state index is 5.78. The first-order valence-electron chi connectivity index (χ1n) is 9.76. The van der Waals surface area contributed by atoms with Gasteiger partial charge in [-0.2, -0.15) is 5.10 Å². The second kappa shape index (κ2) is 9.00. The standard InChI is InChI=1S/C20H37N3O/c1-6-8-11-23(5)14-17-13-21-22-19(17)16-9-10-20(3,4)18(12-16)15-24-7-2/h13,16,18H,6-12,14-15H2,1-5H3,(H,21,22)/t16?,18-/m0/s1. The van der Waals surface area contributed by atoms with Gasteiger partial charge in [-0.25, -0.2) is 0 Å². The second-order valence-electron chi connectivity index (χ2n) is 8.22. The molecule has 0 aliphatic heterocycles. The minimum atomic E-state index is 0.379. The molecular weight excluding hydrogens is 298 g/mol. The molecule has 1 aliphatic carbocycles. The van der Waals surface area contributed by atoms with Crippen molar-refractivity contribution in [1.29, 1.82) is 0 Å². The molecule has 138 valence electrons. The Morgan fingerprint density at radius 2 is 2.17 bits per heavy atom. The van der Waals surface area contributed by atoms with Gasteiger partial charge in [0.1, 0.15) is 0 Å². The van der Waals surface area contributed by atoms with Crippen LogP contribution in [0.25, 0.3) is 0 Å². The molecule has 1 aromatic heterocycles. The van der Waals surface area contributed by atoms with E-state index in [1.54, 1.807) is 0 Å². The van der Waals surface area contributed by atoms with Crippen LogP contribution in [0, 0.1) is 11.3 Å². The zero-order valence-electron chi connectivity index (χ0n) is 16.4. The summed E-state index contributed by atoms with van der Waals surface area (Å²) in [7, 11) is 2.22. The molecule has 0 saturated heterocycles. The third kappa shape index (κ3) is 5.06. The van der Waals surface area contributed by atoms with Gasteiger partial charge in [0, 0.05) is 36.9 Å². The van der Waals surface area contributed by atoms with Gasteiger partial charge in [0.2, 0.25) is 0 Å². The summed E-state index contributed by atoms with van der Waals surface area (Å²) < 4.78 is 5.78. The summed E-state index contributed by atoms with van der Waals surface area (Å²) in [6.45, 7) is 13.0. The number of aromatic nitrogens is 2. The van der Waals surface area contributed by atoms with Gasteiger partial charge < -0.3 is 9.64 Å². The van der Waals surface area contributed by atoms with Crippen molar-refractivity contribution in [3.63, 3.8) is 0 Å². The largest absolute Gasteiger partial charge is 0.381 e. The number of rotatable bonds is 9. The van der Waals surface area contributed by atoms with Crippen LogP contribution in [-0.4, -0.2) is 41.9 Å². The van der Waals surface area contributed by atoms with E-state index in [9.17, 15) is 0 Å². The van der Waals surface area contributed by atoms with Gasteiger partial charge >= 0.3 is 0 Å². The second-order valence-corrected chi connectivity index (χ2v) is 8.22. The molecule has 0 radical (unpaired) electrons. The minimum absolute atomic E-state index is 0.379. The Kier molecular flexibility index (Phi) is 7.30. The van der Waals surface area contributed by atoms with Gasteiger partial charge in [0.15, 0.2) is 0 Å². The number of H-pyrrole nitrogens is 1. The summed E-state index contributed by atoms with van der Waals surface area (Å²) in [5.74, 6) is 1.23. The number of nitrogens with zero attached hydrogens (tertiary/aromatic N) is 2. The minimum Gasteiger partial charge on any atom is -0.381 e. The smallest absolute Gasteiger partial charge is 0.0535 e. The van der Waals surface area contributed by atoms with Crippen LogP contribution in [0.4, 0.5) is 0 Å². The van der Waals surface area contributed by atoms with Crippen LogP contribution in [0.1, 0.15) is 77.0 Å². The molecule has 0 spiro atoms. The Hall–Kier alpha value is -0.870. The summed E-state index contributed by atoms with van der Waals surface area (Å²) in [5.41, 5.74) is 3.13. The Labute approximate surface area is 148 Å². The van der Waals surface area contributed by atoms with E-state index in [2.05, 4.69) is 49.8 Å². The Balaban J connectivity index is 2.02. The predicted octanol–water partition coefficient (Wildman–Crippen LogP) is 4.59. The van der Waals surface area contributed by atoms with Crippen LogP contribution in [0.2, 0.25) is 0 Å². The molecule has 0 aromatic carbocycles. The third-order valence-electron chi connectivity index (χ3n) is 5.83. The van der Waals surface area contributed by atoms with Crippen LogP contribution in [0.3, 0.4) is 0 Å². The van der Waals surface area contributed by atoms with Crippen molar-refractivity contribution < 1.29 is 4.74 Å². The molecule has 1 saturated carbocycles. The highest BCUT2D eigenvalue weighted by molar-refractivity contribution is 5.21. The molecule has 1 aromatic rings. The Bertz CT molecular complexity index is 483. The van der Waals surface area contributed by atoms with Crippen molar-refractivity contribution in [3.05, 3.63) is 17.5 Å². The summed E-state index contributed by atoms with van der Waals surface area (Å²) in [6.07, 6.45) is 8.27. The molecular formula is C20H37N3O. The first-order chi connectivity index (χ1) is 11.5. The van der Waals surface area contributed by atoms with Gasteiger partial charge in [0.05, 0.1) is 6.20 Å². The maximum absolute atomic E-state index is 5.78. The average Bonchev–Trinajstić information content (AvgIpc) is 2.99. The topological polar surface area (TPSA) is 41.2 Å². The number of nitrogens with one attached hydrogen (secondary N) is 1. The Morgan fingerprint density at radius 3 is 2.88 bits per heavy atom. The highest BCUT2D eigenvalue weighted by atomic mass is 16.5. The maximum Gasteiger partial charge on any atom is 0.0535 e. The lowest BCUT2D eigenvalue weighted by atomic mass is 9.65. The fourth-order valence-corrected chi connectivity index (χ4v) is 3.95. The van der Waals surface area contributed by atoms with Crippen molar-refractivity contribution in [3.8, 4) is 0 Å². The van der Waals surface area contributed by atoms with Crippen LogP contribution in [-0.2, 0) is 11.3 Å². The Morgan fingerprint density at radius 1 is 1.38 bits per heavy atom. The molecule has 4 nitrogen and oxygen atoms in total. The lowest BCUT2D eigenvalue weighted by molar-refractivity contribution is 0.0223. The van der Waals surface area contributed by atoms with E-state index in [-0.39, 0.29) is 0 Å². The van der Waals surface area contributed by atoms with Crippen molar-refractivity contribution in [2.45, 2.75) is 72.3 Å². The molecule has 2 atom stereocenters. The van der Waals surface area contributed by atoms with Crippen molar-refractivity contribution in [2.75, 3.05) is 26.8 Å². The molecule has 24 heavy (non-hydrogen) atoms. The van der Waals surface area contributed by atoms with Crippen LogP contribution in [0.15, 0.2) is 6.20 Å². The monoisotopic (exact) mass is 335 g/mol. The lowest BCUT2D eigenvalue weighted by Crippen LogP contribution is -2.34. The van der Waals surface area contributed by atoms with Gasteiger partial charge in [-0.05, 0) is 57.5 Å². The van der Waals surface area contributed by atoms with Crippen LogP contribution >= 0.6 is 0 Å². The molecule has 1 fully saturated rings. The van der Waals surface area contributed by atoms with E-state index in [1.807, 2.05) is 6.20 Å². The number of unbranched alkanes of at least 4 members (excludes halogenated alkanes) is 1. The van der Waals surface area contributed by atoms with Crippen molar-refractivity contribution >= 4 is 0 Å². The number of hydrogen-bond acceptors (Lipinski definition) is 3. The van der Waals surface area contributed by atoms with E-state index >= 15 is 0 Å². The van der Waals surface area contributed by atoms with Crippen molar-refractivity contribution in [2.24, 2.45) is 11.3 Å². The van der Waals surface area contributed by atoms with E-state index in [0.717, 1.165) is 26.3 Å². The van der Waals surface area contributed by atoms with Crippen molar-refractivity contribution in [1.82, 2.24) is 15.1 Å². The molecule has 0 bridgehead atoms. The number of hydrogen-bond donors (Lipinski definition) is 1. The first kappa shape index (κ1) is 19.5. The quantitative estimate of drug-likeness (QED) is 0.717. The van der Waals surface area contributed by atoms with Crippen LogP contribution < -0.4 is 0 Å². The number of ether oxygens (including phenoxy) is 1. The molecule has 0 amide bonds. The van der Waals surface area contributed by atoms with Gasteiger partial charge in [-0.15, -0.1) is 0 Å². The SMILES string of the molecule is CCCCN(C)Cc1cn[nH]c1C1CCC(C)(C)[C@H](COCC)C1. The predicted molar refractivity (Wildman–Crippen MR) is 100 cm³/mol.